The third-order valence-corrected chi connectivity index (χ3v) is 8.91. The summed E-state index contributed by atoms with van der Waals surface area (Å²) < 4.78 is 4.91. The second-order valence-corrected chi connectivity index (χ2v) is 10.7. The lowest BCUT2D eigenvalue weighted by molar-refractivity contribution is -0.160. The van der Waals surface area contributed by atoms with E-state index < -0.39 is 17.9 Å². The zero-order chi connectivity index (χ0) is 24.1. The Morgan fingerprint density at radius 2 is 2.00 bits per heavy atom. The fourth-order valence-electron chi connectivity index (χ4n) is 7.42. The molecule has 2 saturated carbocycles. The first-order chi connectivity index (χ1) is 15.5. The molecule has 0 radical (unpaired) electrons. The molecule has 178 valence electrons. The third kappa shape index (κ3) is 3.71. The van der Waals surface area contributed by atoms with Crippen molar-refractivity contribution in [1.29, 1.82) is 0 Å². The molecule has 6 nitrogen and oxygen atoms in total. The third-order valence-electron chi connectivity index (χ3n) is 8.91. The summed E-state index contributed by atoms with van der Waals surface area (Å²) in [5.74, 6) is -3.20. The first kappa shape index (κ1) is 23.7. The smallest absolute Gasteiger partial charge is 0.320 e. The predicted molar refractivity (Wildman–Crippen MR) is 122 cm³/mol. The maximum atomic E-state index is 13.5. The fraction of sp³-hybridized carbons (Fsp3) is 0.630. The Labute approximate surface area is 195 Å². The second kappa shape index (κ2) is 8.37. The van der Waals surface area contributed by atoms with Crippen LogP contribution in [0.5, 0.6) is 0 Å². The number of Topliss-reactive ketones (excluding diaryl/α,β-unsaturated/α-hetero) is 1. The number of ketones is 2. The van der Waals surface area contributed by atoms with E-state index in [2.05, 4.69) is 26.8 Å². The Bertz CT molecular complexity index is 987. The molecule has 1 N–H and O–H groups in total. The molecule has 0 aromatic rings. The summed E-state index contributed by atoms with van der Waals surface area (Å²) in [7, 11) is 0. The normalized spacial score (nSPS) is 37.8. The highest BCUT2D eigenvalue weighted by molar-refractivity contribution is 6.01. The van der Waals surface area contributed by atoms with Crippen molar-refractivity contribution in [3.05, 3.63) is 35.5 Å². The van der Waals surface area contributed by atoms with Crippen molar-refractivity contribution in [2.24, 2.45) is 40.4 Å². The number of esters is 1. The molecule has 4 aliphatic carbocycles. The number of hydrogen-bond acceptors (Lipinski definition) is 5. The van der Waals surface area contributed by atoms with Crippen LogP contribution in [0.1, 0.15) is 59.8 Å². The van der Waals surface area contributed by atoms with Crippen LogP contribution in [-0.4, -0.2) is 35.2 Å². The second-order valence-electron chi connectivity index (χ2n) is 10.7. The molecule has 4 rings (SSSR count). The van der Waals surface area contributed by atoms with E-state index in [0.717, 1.165) is 25.7 Å². The highest BCUT2D eigenvalue weighted by Gasteiger charge is 2.59. The summed E-state index contributed by atoms with van der Waals surface area (Å²) in [6, 6.07) is 0. The van der Waals surface area contributed by atoms with E-state index in [9.17, 15) is 24.3 Å². The largest absolute Gasteiger partial charge is 0.481 e. The molecule has 0 amide bonds. The molecule has 6 heteroatoms. The molecule has 1 unspecified atom stereocenters. The van der Waals surface area contributed by atoms with Gasteiger partial charge in [-0.2, -0.15) is 0 Å². The zero-order valence-corrected chi connectivity index (χ0v) is 19.9. The van der Waals surface area contributed by atoms with Crippen LogP contribution in [0.25, 0.3) is 0 Å². The van der Waals surface area contributed by atoms with Gasteiger partial charge in [-0.3, -0.25) is 19.2 Å². The van der Waals surface area contributed by atoms with Gasteiger partial charge in [0.1, 0.15) is 5.78 Å². The van der Waals surface area contributed by atoms with Gasteiger partial charge in [0.05, 0.1) is 6.61 Å². The lowest BCUT2D eigenvalue weighted by atomic mass is 9.52. The van der Waals surface area contributed by atoms with E-state index in [0.29, 0.717) is 11.8 Å². The molecule has 0 aromatic heterocycles. The number of carbonyl (C=O) groups excluding carboxylic acids is 3. The Morgan fingerprint density at radius 3 is 2.67 bits per heavy atom. The SMILES string of the molecule is CCOC(=O)C(CC(=O)[C@H]1[C@H](C)C[C@H]2[C@@H]3CCC4=CC(=O)C=C[C@]4(C)C3=CC[C@@]21C)C(=O)O. The van der Waals surface area contributed by atoms with Crippen LogP contribution in [0.4, 0.5) is 0 Å². The highest BCUT2D eigenvalue weighted by atomic mass is 16.5. The Morgan fingerprint density at radius 1 is 1.27 bits per heavy atom. The molecule has 0 heterocycles. The average molecular weight is 455 g/mol. The molecular weight excluding hydrogens is 420 g/mol. The molecule has 0 aromatic carbocycles. The number of ether oxygens (including phenoxy) is 1. The number of hydrogen-bond donors (Lipinski definition) is 1. The van der Waals surface area contributed by atoms with Gasteiger partial charge in [0.25, 0.3) is 0 Å². The number of rotatable bonds is 6. The van der Waals surface area contributed by atoms with Crippen molar-refractivity contribution < 1.29 is 29.0 Å². The maximum absolute atomic E-state index is 13.5. The van der Waals surface area contributed by atoms with Gasteiger partial charge in [0.2, 0.25) is 0 Å². The topological polar surface area (TPSA) is 97.7 Å². The van der Waals surface area contributed by atoms with E-state index in [1.54, 1.807) is 19.1 Å². The molecular formula is C27H34O6. The van der Waals surface area contributed by atoms with Crippen LogP contribution in [0.2, 0.25) is 0 Å². The minimum absolute atomic E-state index is 0.0527. The first-order valence-corrected chi connectivity index (χ1v) is 12.1. The monoisotopic (exact) mass is 454 g/mol. The minimum atomic E-state index is -1.45. The Hall–Kier alpha value is -2.50. The lowest BCUT2D eigenvalue weighted by Gasteiger charge is -2.52. The number of fused-ring (bicyclic) bond motifs is 5. The predicted octanol–water partition coefficient (Wildman–Crippen LogP) is 4.30. The van der Waals surface area contributed by atoms with Crippen LogP contribution >= 0.6 is 0 Å². The van der Waals surface area contributed by atoms with Crippen molar-refractivity contribution >= 4 is 23.5 Å². The van der Waals surface area contributed by atoms with Crippen molar-refractivity contribution in [3.8, 4) is 0 Å². The van der Waals surface area contributed by atoms with Gasteiger partial charge in [-0.15, -0.1) is 0 Å². The Balaban J connectivity index is 1.62. The van der Waals surface area contributed by atoms with Crippen LogP contribution in [0, 0.1) is 40.4 Å². The standard InChI is InChI=1S/C27H34O6/c1-5-33-25(32)19(24(30)31)14-22(29)23-15(2)12-21-18-7-6-16-13-17(28)8-10-26(16,3)20(18)9-11-27(21,23)4/h8-10,13,15,18-19,21,23H,5-7,11-12,14H2,1-4H3,(H,30,31)/t15-,18-,19?,21+,23-,26+,27+/m1/s1. The average Bonchev–Trinajstić information content (AvgIpc) is 3.02. The zero-order valence-electron chi connectivity index (χ0n) is 19.9. The summed E-state index contributed by atoms with van der Waals surface area (Å²) in [5.41, 5.74) is 2.04. The molecule has 4 aliphatic rings. The van der Waals surface area contributed by atoms with Gasteiger partial charge in [0, 0.05) is 17.8 Å². The number of carboxylic acid groups (broad SMARTS) is 1. The minimum Gasteiger partial charge on any atom is -0.481 e. The highest BCUT2D eigenvalue weighted by Crippen LogP contribution is 2.65. The van der Waals surface area contributed by atoms with Crippen LogP contribution in [-0.2, 0) is 23.9 Å². The molecule has 0 bridgehead atoms. The summed E-state index contributed by atoms with van der Waals surface area (Å²) in [5, 5.41) is 9.54. The van der Waals surface area contributed by atoms with E-state index in [-0.39, 0.29) is 47.3 Å². The van der Waals surface area contributed by atoms with Gasteiger partial charge < -0.3 is 9.84 Å². The van der Waals surface area contributed by atoms with Crippen LogP contribution in [0.3, 0.4) is 0 Å². The summed E-state index contributed by atoms with van der Waals surface area (Å²) in [6.07, 6.45) is 11.0. The summed E-state index contributed by atoms with van der Waals surface area (Å²) in [4.78, 5) is 49.3. The molecule has 7 atom stereocenters. The molecule has 0 spiro atoms. The van der Waals surface area contributed by atoms with Crippen molar-refractivity contribution in [2.75, 3.05) is 6.61 Å². The van der Waals surface area contributed by atoms with Crippen molar-refractivity contribution in [3.63, 3.8) is 0 Å². The van der Waals surface area contributed by atoms with Crippen LogP contribution < -0.4 is 0 Å². The molecule has 0 aliphatic heterocycles. The summed E-state index contributed by atoms with van der Waals surface area (Å²) in [6.45, 7) is 8.16. The number of carboxylic acids is 1. The molecule has 33 heavy (non-hydrogen) atoms. The van der Waals surface area contributed by atoms with E-state index >= 15 is 0 Å². The number of aliphatic carboxylic acids is 1. The Kier molecular flexibility index (Phi) is 6.00. The number of carbonyl (C=O) groups is 4. The quantitative estimate of drug-likeness (QED) is 0.365. The van der Waals surface area contributed by atoms with Crippen molar-refractivity contribution in [2.45, 2.75) is 59.8 Å². The lowest BCUT2D eigenvalue weighted by Crippen LogP contribution is -2.45. The summed E-state index contributed by atoms with van der Waals surface area (Å²) >= 11 is 0. The molecule has 2 fully saturated rings. The van der Waals surface area contributed by atoms with Crippen molar-refractivity contribution in [1.82, 2.24) is 0 Å². The van der Waals surface area contributed by atoms with Gasteiger partial charge >= 0.3 is 11.9 Å². The van der Waals surface area contributed by atoms with E-state index in [1.165, 1.54) is 11.1 Å². The maximum Gasteiger partial charge on any atom is 0.320 e. The van der Waals surface area contributed by atoms with Crippen LogP contribution in [0.15, 0.2) is 35.5 Å². The molecule has 0 saturated heterocycles. The van der Waals surface area contributed by atoms with E-state index in [1.807, 2.05) is 6.08 Å². The van der Waals surface area contributed by atoms with Gasteiger partial charge in [-0.1, -0.05) is 37.1 Å². The van der Waals surface area contributed by atoms with Gasteiger partial charge in [-0.25, -0.2) is 0 Å². The van der Waals surface area contributed by atoms with E-state index in [4.69, 9.17) is 4.74 Å². The fourth-order valence-corrected chi connectivity index (χ4v) is 7.42. The number of allylic oxidation sites excluding steroid dienone is 6. The first-order valence-electron chi connectivity index (χ1n) is 12.1. The van der Waals surface area contributed by atoms with Gasteiger partial charge in [-0.05, 0) is 74.9 Å². The van der Waals surface area contributed by atoms with Gasteiger partial charge in [0.15, 0.2) is 11.7 Å².